The molecule has 13 heavy (non-hydrogen) atoms. The molecular formula is C7H15NO4Si. The van der Waals surface area contributed by atoms with Crippen molar-refractivity contribution < 1.29 is 18.1 Å². The van der Waals surface area contributed by atoms with E-state index in [9.17, 15) is 4.79 Å². The summed E-state index contributed by atoms with van der Waals surface area (Å²) in [6.45, 7) is 0.537. The lowest BCUT2D eigenvalue weighted by atomic mass is 10.5. The van der Waals surface area contributed by atoms with E-state index in [2.05, 4.69) is 0 Å². The van der Waals surface area contributed by atoms with Gasteiger partial charge < -0.3 is 19.0 Å². The number of hydrogen-bond donors (Lipinski definition) is 1. The maximum Gasteiger partial charge on any atom is 0.565 e. The molecule has 0 rings (SSSR count). The molecule has 0 spiro atoms. The van der Waals surface area contributed by atoms with Crippen molar-refractivity contribution in [2.75, 3.05) is 20.8 Å². The second kappa shape index (κ2) is 6.82. The molecule has 2 N–H and O–H groups in total. The number of hydrogen-bond acceptors (Lipinski definition) is 5. The summed E-state index contributed by atoms with van der Waals surface area (Å²) in [5, 5.41) is 0. The Bertz CT molecular complexity index is 177. The first-order valence-corrected chi connectivity index (χ1v) is 5.85. The van der Waals surface area contributed by atoms with Crippen molar-refractivity contribution in [3.8, 4) is 0 Å². The zero-order valence-corrected chi connectivity index (χ0v) is 8.91. The summed E-state index contributed by atoms with van der Waals surface area (Å²) in [5.74, 6) is 1.51. The Balaban J connectivity index is 4.20. The zero-order chi connectivity index (χ0) is 10.2. The largest absolute Gasteiger partial charge is 0.565 e. The number of nitrogens with two attached hydrogens (primary N) is 1. The van der Waals surface area contributed by atoms with Gasteiger partial charge >= 0.3 is 8.80 Å². The average molecular weight is 205 g/mol. The molecule has 0 aromatic rings. The monoisotopic (exact) mass is 205 g/mol. The Morgan fingerprint density at radius 1 is 1.46 bits per heavy atom. The fourth-order valence-electron chi connectivity index (χ4n) is 0.875. The quantitative estimate of drug-likeness (QED) is 0.358. The van der Waals surface area contributed by atoms with Crippen LogP contribution < -0.4 is 5.73 Å². The van der Waals surface area contributed by atoms with Crippen LogP contribution in [0.4, 0.5) is 0 Å². The SMILES string of the molecule is CO[Si](CCCN)(OC)OC=C=O. The Morgan fingerprint density at radius 3 is 2.46 bits per heavy atom. The summed E-state index contributed by atoms with van der Waals surface area (Å²) in [7, 11) is 0.298. The fraction of sp³-hybridized carbons (Fsp3) is 0.714. The van der Waals surface area contributed by atoms with Gasteiger partial charge in [0.05, 0.1) is 0 Å². The summed E-state index contributed by atoms with van der Waals surface area (Å²) in [6, 6.07) is 0.592. The van der Waals surface area contributed by atoms with Crippen LogP contribution >= 0.6 is 0 Å². The van der Waals surface area contributed by atoms with Crippen LogP contribution in [0.2, 0.25) is 6.04 Å². The highest BCUT2D eigenvalue weighted by molar-refractivity contribution is 6.60. The van der Waals surface area contributed by atoms with Crippen molar-refractivity contribution in [3.05, 3.63) is 6.26 Å². The van der Waals surface area contributed by atoms with Gasteiger partial charge in [0.15, 0.2) is 12.2 Å². The summed E-state index contributed by atoms with van der Waals surface area (Å²) in [4.78, 5) is 9.94. The Morgan fingerprint density at radius 2 is 2.08 bits per heavy atom. The van der Waals surface area contributed by atoms with Crippen molar-refractivity contribution in [2.24, 2.45) is 5.73 Å². The van der Waals surface area contributed by atoms with Gasteiger partial charge in [-0.3, -0.25) is 0 Å². The molecule has 0 fully saturated rings. The standard InChI is InChI=1S/C7H15NO4Si/c1-10-13(11-2,7-3-4-8)12-6-5-9/h6H,3-4,7-8H2,1-2H3. The van der Waals surface area contributed by atoms with E-state index in [1.807, 2.05) is 0 Å². The Hall–Kier alpha value is -0.653. The molecule has 0 unspecified atom stereocenters. The van der Waals surface area contributed by atoms with Gasteiger partial charge in [0.1, 0.15) is 0 Å². The highest BCUT2D eigenvalue weighted by Gasteiger charge is 2.39. The smallest absolute Gasteiger partial charge is 0.497 e. The third-order valence-electron chi connectivity index (χ3n) is 1.60. The van der Waals surface area contributed by atoms with Gasteiger partial charge in [-0.15, -0.1) is 0 Å². The fourth-order valence-corrected chi connectivity index (χ4v) is 2.63. The number of carbonyl (C=O) groups excluding carboxylic acids is 1. The van der Waals surface area contributed by atoms with Crippen molar-refractivity contribution in [1.82, 2.24) is 0 Å². The molecule has 0 aromatic carbocycles. The maximum atomic E-state index is 9.94. The van der Waals surface area contributed by atoms with Crippen LogP contribution in [-0.2, 0) is 18.1 Å². The molecule has 0 aliphatic heterocycles. The second-order valence-corrected chi connectivity index (χ2v) is 5.26. The summed E-state index contributed by atoms with van der Waals surface area (Å²) < 4.78 is 15.3. The van der Waals surface area contributed by atoms with E-state index >= 15 is 0 Å². The van der Waals surface area contributed by atoms with Gasteiger partial charge in [0.2, 0.25) is 0 Å². The maximum absolute atomic E-state index is 9.94. The summed E-state index contributed by atoms with van der Waals surface area (Å²) >= 11 is 0. The van der Waals surface area contributed by atoms with Crippen LogP contribution in [0.15, 0.2) is 6.26 Å². The predicted octanol–water partition coefficient (Wildman–Crippen LogP) is -0.0712. The average Bonchev–Trinajstić information content (AvgIpc) is 2.20. The molecule has 0 bridgehead atoms. The normalized spacial score (nSPS) is 10.7. The third-order valence-corrected chi connectivity index (χ3v) is 4.28. The first-order valence-electron chi connectivity index (χ1n) is 3.92. The molecule has 0 heterocycles. The third kappa shape index (κ3) is 4.21. The van der Waals surface area contributed by atoms with E-state index < -0.39 is 8.80 Å². The van der Waals surface area contributed by atoms with Crippen LogP contribution in [0.3, 0.4) is 0 Å². The highest BCUT2D eigenvalue weighted by atomic mass is 28.4. The minimum Gasteiger partial charge on any atom is -0.497 e. The van der Waals surface area contributed by atoms with Gasteiger partial charge in [-0.2, -0.15) is 0 Å². The molecule has 0 amide bonds. The molecule has 76 valence electrons. The molecule has 0 aliphatic rings. The van der Waals surface area contributed by atoms with Gasteiger partial charge in [-0.05, 0) is 13.0 Å². The zero-order valence-electron chi connectivity index (χ0n) is 7.91. The molecular weight excluding hydrogens is 190 g/mol. The minimum atomic E-state index is -2.68. The van der Waals surface area contributed by atoms with Crippen LogP contribution in [0.1, 0.15) is 6.42 Å². The lowest BCUT2D eigenvalue weighted by molar-refractivity contribution is 0.141. The lowest BCUT2D eigenvalue weighted by Crippen LogP contribution is -2.42. The van der Waals surface area contributed by atoms with Gasteiger partial charge in [-0.25, -0.2) is 4.79 Å². The molecule has 0 atom stereocenters. The van der Waals surface area contributed by atoms with E-state index in [0.29, 0.717) is 12.6 Å². The summed E-state index contributed by atoms with van der Waals surface area (Å²) in [6.07, 6.45) is 1.66. The molecule has 5 nitrogen and oxygen atoms in total. The van der Waals surface area contributed by atoms with Crippen LogP contribution in [0.25, 0.3) is 0 Å². The van der Waals surface area contributed by atoms with E-state index in [1.54, 1.807) is 0 Å². The molecule has 0 aromatic heterocycles. The topological polar surface area (TPSA) is 70.8 Å². The molecule has 6 heteroatoms. The van der Waals surface area contributed by atoms with Gasteiger partial charge in [-0.1, -0.05) is 0 Å². The van der Waals surface area contributed by atoms with E-state index in [0.717, 1.165) is 12.7 Å². The molecule has 0 saturated carbocycles. The predicted molar refractivity (Wildman–Crippen MR) is 49.6 cm³/mol. The van der Waals surface area contributed by atoms with Crippen LogP contribution in [0, 0.1) is 0 Å². The van der Waals surface area contributed by atoms with Crippen molar-refractivity contribution in [1.29, 1.82) is 0 Å². The van der Waals surface area contributed by atoms with E-state index in [4.69, 9.17) is 19.0 Å². The van der Waals surface area contributed by atoms with E-state index in [-0.39, 0.29) is 0 Å². The summed E-state index contributed by atoms with van der Waals surface area (Å²) in [5.41, 5.74) is 5.34. The van der Waals surface area contributed by atoms with Gasteiger partial charge in [0.25, 0.3) is 0 Å². The van der Waals surface area contributed by atoms with Gasteiger partial charge in [0, 0.05) is 20.3 Å². The van der Waals surface area contributed by atoms with E-state index in [1.165, 1.54) is 20.2 Å². The molecule has 0 saturated heterocycles. The Labute approximate surface area is 78.8 Å². The number of rotatable bonds is 7. The van der Waals surface area contributed by atoms with Crippen molar-refractivity contribution >= 4 is 14.7 Å². The highest BCUT2D eigenvalue weighted by Crippen LogP contribution is 2.15. The van der Waals surface area contributed by atoms with Crippen molar-refractivity contribution in [2.45, 2.75) is 12.5 Å². The van der Waals surface area contributed by atoms with Crippen LogP contribution in [0.5, 0.6) is 0 Å². The molecule has 0 radical (unpaired) electrons. The minimum absolute atomic E-state index is 0.537. The second-order valence-electron chi connectivity index (χ2n) is 2.34. The van der Waals surface area contributed by atoms with Crippen LogP contribution in [-0.4, -0.2) is 35.5 Å². The molecule has 0 aliphatic carbocycles. The first-order chi connectivity index (χ1) is 6.24. The lowest BCUT2D eigenvalue weighted by Gasteiger charge is -2.23. The Kier molecular flexibility index (Phi) is 6.48. The van der Waals surface area contributed by atoms with Crippen molar-refractivity contribution in [3.63, 3.8) is 0 Å². The first kappa shape index (κ1) is 12.3.